The van der Waals surface area contributed by atoms with Gasteiger partial charge in [-0.2, -0.15) is 0 Å². The molecule has 156 valence electrons. The zero-order chi connectivity index (χ0) is 20.5. The van der Waals surface area contributed by atoms with E-state index in [-0.39, 0.29) is 11.8 Å². The van der Waals surface area contributed by atoms with Gasteiger partial charge in [0.25, 0.3) is 0 Å². The van der Waals surface area contributed by atoms with Gasteiger partial charge in [0.2, 0.25) is 5.91 Å². The lowest BCUT2D eigenvalue weighted by atomic mass is 9.96. The van der Waals surface area contributed by atoms with Gasteiger partial charge in [-0.05, 0) is 43.2 Å². The van der Waals surface area contributed by atoms with Crippen LogP contribution in [0.3, 0.4) is 0 Å². The van der Waals surface area contributed by atoms with E-state index in [1.54, 1.807) is 17.5 Å². The summed E-state index contributed by atoms with van der Waals surface area (Å²) in [5.74, 6) is 0.320. The molecule has 0 bridgehead atoms. The summed E-state index contributed by atoms with van der Waals surface area (Å²) in [5.41, 5.74) is 2.06. The maximum absolute atomic E-state index is 13.2. The van der Waals surface area contributed by atoms with Gasteiger partial charge in [0.05, 0.1) is 5.92 Å². The van der Waals surface area contributed by atoms with Crippen LogP contribution in [0, 0.1) is 5.92 Å². The molecule has 0 saturated carbocycles. The minimum Gasteiger partial charge on any atom is -0.368 e. The summed E-state index contributed by atoms with van der Waals surface area (Å²) in [6.07, 6.45) is 3.77. The Kier molecular flexibility index (Phi) is 5.48. The molecule has 0 spiro atoms. The van der Waals surface area contributed by atoms with Gasteiger partial charge in [0.1, 0.15) is 10.3 Å². The molecular formula is C22H24ClN5OS. The van der Waals surface area contributed by atoms with Crippen molar-refractivity contribution in [2.75, 3.05) is 49.1 Å². The molecule has 2 aliphatic heterocycles. The fourth-order valence-corrected chi connectivity index (χ4v) is 5.49. The van der Waals surface area contributed by atoms with Crippen molar-refractivity contribution in [3.8, 4) is 0 Å². The molecule has 8 heteroatoms. The maximum atomic E-state index is 13.2. The Labute approximate surface area is 185 Å². The molecule has 2 aliphatic rings. The fourth-order valence-electron chi connectivity index (χ4n) is 4.36. The fraction of sp³-hybridized carbons (Fsp3) is 0.409. The van der Waals surface area contributed by atoms with E-state index in [9.17, 15) is 4.79 Å². The molecular weight excluding hydrogens is 418 g/mol. The van der Waals surface area contributed by atoms with Gasteiger partial charge in [0.15, 0.2) is 5.13 Å². The third kappa shape index (κ3) is 3.96. The molecule has 0 radical (unpaired) electrons. The number of carbonyl (C=O) groups is 1. The SMILES string of the molecule is O=C([C@H]1CCCN(c2nc3cccnc3s2)C1)N1CCN(c2cccc(Cl)c2)CC1. The van der Waals surface area contributed by atoms with Crippen LogP contribution in [-0.2, 0) is 4.79 Å². The van der Waals surface area contributed by atoms with Crippen LogP contribution in [0.5, 0.6) is 0 Å². The number of rotatable bonds is 3. The van der Waals surface area contributed by atoms with Crippen molar-refractivity contribution in [2.45, 2.75) is 12.8 Å². The molecule has 3 aromatic rings. The third-order valence-electron chi connectivity index (χ3n) is 5.96. The summed E-state index contributed by atoms with van der Waals surface area (Å²) in [6, 6.07) is 11.8. The van der Waals surface area contributed by atoms with Crippen molar-refractivity contribution < 1.29 is 4.79 Å². The van der Waals surface area contributed by atoms with E-state index < -0.39 is 0 Å². The number of benzene rings is 1. The van der Waals surface area contributed by atoms with Crippen LogP contribution in [0.4, 0.5) is 10.8 Å². The minimum absolute atomic E-state index is 0.0384. The van der Waals surface area contributed by atoms with Crippen LogP contribution in [0.1, 0.15) is 12.8 Å². The number of amides is 1. The van der Waals surface area contributed by atoms with Gasteiger partial charge < -0.3 is 14.7 Å². The third-order valence-corrected chi connectivity index (χ3v) is 7.24. The Morgan fingerprint density at radius 2 is 1.93 bits per heavy atom. The second-order valence-corrected chi connectivity index (χ2v) is 9.29. The number of anilines is 2. The van der Waals surface area contributed by atoms with Crippen molar-refractivity contribution >= 4 is 50.0 Å². The van der Waals surface area contributed by atoms with E-state index in [1.807, 2.05) is 35.2 Å². The number of hydrogen-bond donors (Lipinski definition) is 0. The maximum Gasteiger partial charge on any atom is 0.227 e. The van der Waals surface area contributed by atoms with E-state index >= 15 is 0 Å². The number of fused-ring (bicyclic) bond motifs is 1. The molecule has 4 heterocycles. The second-order valence-electron chi connectivity index (χ2n) is 7.90. The standard InChI is InChI=1S/C22H24ClN5OS/c23-17-5-1-6-18(14-17)26-10-12-27(13-11-26)21(29)16-4-3-9-28(15-16)22-25-19-7-2-8-24-20(19)30-22/h1-2,5-8,14,16H,3-4,9-13,15H2/t16-/m0/s1. The Balaban J connectivity index is 1.22. The largest absolute Gasteiger partial charge is 0.368 e. The average Bonchev–Trinajstić information content (AvgIpc) is 3.23. The topological polar surface area (TPSA) is 52.6 Å². The zero-order valence-corrected chi connectivity index (χ0v) is 18.3. The Morgan fingerprint density at radius 3 is 2.73 bits per heavy atom. The molecule has 30 heavy (non-hydrogen) atoms. The number of nitrogens with zero attached hydrogens (tertiary/aromatic N) is 5. The number of piperidine rings is 1. The van der Waals surface area contributed by atoms with Crippen molar-refractivity contribution in [3.05, 3.63) is 47.6 Å². The molecule has 2 saturated heterocycles. The molecule has 1 amide bonds. The molecule has 0 unspecified atom stereocenters. The minimum atomic E-state index is 0.0384. The summed E-state index contributed by atoms with van der Waals surface area (Å²) >= 11 is 7.74. The van der Waals surface area contributed by atoms with Crippen LogP contribution in [-0.4, -0.2) is 60.0 Å². The smallest absolute Gasteiger partial charge is 0.227 e. The molecule has 2 aromatic heterocycles. The lowest BCUT2D eigenvalue weighted by Gasteiger charge is -2.39. The molecule has 0 aliphatic carbocycles. The Bertz CT molecular complexity index is 1020. The van der Waals surface area contributed by atoms with E-state index in [1.165, 1.54) is 0 Å². The Morgan fingerprint density at radius 1 is 1.07 bits per heavy atom. The zero-order valence-electron chi connectivity index (χ0n) is 16.7. The normalized spacial score (nSPS) is 20.0. The summed E-state index contributed by atoms with van der Waals surface area (Å²) in [5, 5.41) is 1.73. The molecule has 0 N–H and O–H groups in total. The van der Waals surface area contributed by atoms with E-state index in [4.69, 9.17) is 16.6 Å². The van der Waals surface area contributed by atoms with E-state index in [2.05, 4.69) is 20.9 Å². The predicted molar refractivity (Wildman–Crippen MR) is 123 cm³/mol. The van der Waals surface area contributed by atoms with Crippen LogP contribution in [0.25, 0.3) is 10.3 Å². The van der Waals surface area contributed by atoms with E-state index in [0.717, 1.165) is 78.3 Å². The van der Waals surface area contributed by atoms with Crippen LogP contribution in [0.2, 0.25) is 5.02 Å². The highest BCUT2D eigenvalue weighted by atomic mass is 35.5. The summed E-state index contributed by atoms with van der Waals surface area (Å²) in [4.78, 5) is 29.9. The van der Waals surface area contributed by atoms with Gasteiger partial charge in [-0.25, -0.2) is 9.97 Å². The molecule has 1 atom stereocenters. The van der Waals surface area contributed by atoms with Gasteiger partial charge in [-0.3, -0.25) is 4.79 Å². The van der Waals surface area contributed by atoms with Crippen molar-refractivity contribution in [3.63, 3.8) is 0 Å². The number of thiazole rings is 1. The van der Waals surface area contributed by atoms with Gasteiger partial charge in [-0.15, -0.1) is 0 Å². The van der Waals surface area contributed by atoms with Gasteiger partial charge in [-0.1, -0.05) is 29.0 Å². The summed E-state index contributed by atoms with van der Waals surface area (Å²) in [6.45, 7) is 4.89. The highest BCUT2D eigenvalue weighted by molar-refractivity contribution is 7.21. The number of piperazine rings is 1. The van der Waals surface area contributed by atoms with Crippen LogP contribution < -0.4 is 9.80 Å². The second kappa shape index (κ2) is 8.40. The molecule has 1 aromatic carbocycles. The van der Waals surface area contributed by atoms with E-state index in [0.29, 0.717) is 0 Å². The number of hydrogen-bond acceptors (Lipinski definition) is 6. The first-order valence-electron chi connectivity index (χ1n) is 10.4. The first-order valence-corrected chi connectivity index (χ1v) is 11.6. The first-order chi connectivity index (χ1) is 14.7. The molecule has 6 nitrogen and oxygen atoms in total. The lowest BCUT2D eigenvalue weighted by Crippen LogP contribution is -2.52. The van der Waals surface area contributed by atoms with Crippen molar-refractivity contribution in [1.82, 2.24) is 14.9 Å². The molecule has 2 fully saturated rings. The summed E-state index contributed by atoms with van der Waals surface area (Å²) < 4.78 is 0. The highest BCUT2D eigenvalue weighted by Crippen LogP contribution is 2.31. The van der Waals surface area contributed by atoms with Crippen molar-refractivity contribution in [1.29, 1.82) is 0 Å². The lowest BCUT2D eigenvalue weighted by molar-refractivity contribution is -0.136. The Hall–Kier alpha value is -2.38. The first kappa shape index (κ1) is 19.6. The quantitative estimate of drug-likeness (QED) is 0.616. The average molecular weight is 442 g/mol. The van der Waals surface area contributed by atoms with Crippen LogP contribution >= 0.6 is 22.9 Å². The number of halogens is 1. The van der Waals surface area contributed by atoms with Gasteiger partial charge in [0, 0.05) is 56.2 Å². The highest BCUT2D eigenvalue weighted by Gasteiger charge is 2.32. The van der Waals surface area contributed by atoms with Gasteiger partial charge >= 0.3 is 0 Å². The summed E-state index contributed by atoms with van der Waals surface area (Å²) in [7, 11) is 0. The number of aromatic nitrogens is 2. The van der Waals surface area contributed by atoms with Crippen molar-refractivity contribution in [2.24, 2.45) is 5.92 Å². The monoisotopic (exact) mass is 441 g/mol. The number of carbonyl (C=O) groups excluding carboxylic acids is 1. The van der Waals surface area contributed by atoms with Crippen LogP contribution in [0.15, 0.2) is 42.6 Å². The molecule has 5 rings (SSSR count). The predicted octanol–water partition coefficient (Wildman–Crippen LogP) is 3.91. The number of pyridine rings is 1.